The van der Waals surface area contributed by atoms with Crippen molar-refractivity contribution in [3.8, 4) is 0 Å². The maximum atomic E-state index is 13.6. The quantitative estimate of drug-likeness (QED) is 0.172. The van der Waals surface area contributed by atoms with E-state index in [2.05, 4.69) is 20.3 Å². The lowest BCUT2D eigenvalue weighted by Crippen LogP contribution is -2.55. The molecule has 2 N–H and O–H groups in total. The molecule has 0 aliphatic carbocycles. The number of aromatic amines is 1. The number of aromatic nitrogens is 4. The second-order valence-electron chi connectivity index (χ2n) is 11.4. The Balaban J connectivity index is 1.43. The molecule has 1 aliphatic rings. The van der Waals surface area contributed by atoms with Gasteiger partial charge in [-0.15, -0.1) is 0 Å². The van der Waals surface area contributed by atoms with E-state index in [4.69, 9.17) is 18.9 Å². The van der Waals surface area contributed by atoms with Crippen LogP contribution in [0.1, 0.15) is 51.1 Å². The fraction of sp³-hybridized carbons (Fsp3) is 0.229. The van der Waals surface area contributed by atoms with Crippen LogP contribution in [0.25, 0.3) is 11.2 Å². The van der Waals surface area contributed by atoms with Gasteiger partial charge >= 0.3 is 17.9 Å². The summed E-state index contributed by atoms with van der Waals surface area (Å²) >= 11 is 0. The first kappa shape index (κ1) is 32.8. The minimum absolute atomic E-state index is 0.0265. The maximum absolute atomic E-state index is 13.6. The average Bonchev–Trinajstić information content (AvgIpc) is 3.54. The smallest absolute Gasteiger partial charge is 0.338 e. The van der Waals surface area contributed by atoms with E-state index in [0.717, 1.165) is 0 Å². The summed E-state index contributed by atoms with van der Waals surface area (Å²) in [6, 6.07) is 24.4. The molecule has 49 heavy (non-hydrogen) atoms. The first-order valence-corrected chi connectivity index (χ1v) is 15.4. The molecule has 1 amide bonds. The number of benzene rings is 3. The number of carbonyl (C=O) groups is 4. The molecule has 0 radical (unpaired) electrons. The first-order valence-electron chi connectivity index (χ1n) is 15.4. The molecule has 6 rings (SSSR count). The minimum atomic E-state index is -1.48. The normalized spacial score (nSPS) is 18.8. The van der Waals surface area contributed by atoms with Crippen molar-refractivity contribution in [1.29, 1.82) is 0 Å². The van der Waals surface area contributed by atoms with Crippen LogP contribution < -0.4 is 10.9 Å². The predicted octanol–water partition coefficient (Wildman–Crippen LogP) is 3.92. The monoisotopic (exact) mass is 665 g/mol. The molecule has 0 bridgehead atoms. The topological polar surface area (TPSA) is 181 Å². The number of fused-ring (bicyclic) bond motifs is 1. The molecule has 4 atom stereocenters. The predicted molar refractivity (Wildman–Crippen MR) is 174 cm³/mol. The second-order valence-corrected chi connectivity index (χ2v) is 11.4. The summed E-state index contributed by atoms with van der Waals surface area (Å²) in [4.78, 5) is 76.8. The number of rotatable bonds is 9. The zero-order valence-electron chi connectivity index (χ0n) is 26.3. The van der Waals surface area contributed by atoms with Gasteiger partial charge in [-0.2, -0.15) is 4.98 Å². The highest BCUT2D eigenvalue weighted by atomic mass is 16.6. The number of esters is 3. The van der Waals surface area contributed by atoms with Crippen LogP contribution in [0.4, 0.5) is 5.95 Å². The summed E-state index contributed by atoms with van der Waals surface area (Å²) in [5.41, 5.74) is -0.176. The highest BCUT2D eigenvalue weighted by Crippen LogP contribution is 2.33. The molecular formula is C35H31N5O9. The van der Waals surface area contributed by atoms with Crippen LogP contribution in [0.3, 0.4) is 0 Å². The van der Waals surface area contributed by atoms with E-state index >= 15 is 0 Å². The van der Waals surface area contributed by atoms with Crippen molar-refractivity contribution >= 4 is 40.9 Å². The van der Waals surface area contributed by atoms with E-state index in [0.29, 0.717) is 0 Å². The van der Waals surface area contributed by atoms with Gasteiger partial charge < -0.3 is 18.9 Å². The van der Waals surface area contributed by atoms with Gasteiger partial charge in [0.1, 0.15) is 0 Å². The van der Waals surface area contributed by atoms with Gasteiger partial charge in [-0.1, -0.05) is 68.4 Å². The number of amides is 1. The highest BCUT2D eigenvalue weighted by molar-refractivity contribution is 5.92. The van der Waals surface area contributed by atoms with Crippen molar-refractivity contribution in [1.82, 2.24) is 19.5 Å². The second kappa shape index (κ2) is 14.3. The molecule has 3 aromatic carbocycles. The van der Waals surface area contributed by atoms with Gasteiger partial charge in [-0.05, 0) is 36.4 Å². The van der Waals surface area contributed by atoms with Gasteiger partial charge in [0.25, 0.3) is 5.56 Å². The Morgan fingerprint density at radius 1 is 0.796 bits per heavy atom. The zero-order valence-corrected chi connectivity index (χ0v) is 26.3. The minimum Gasteiger partial charge on any atom is -0.452 e. The van der Waals surface area contributed by atoms with Crippen molar-refractivity contribution < 1.29 is 38.1 Å². The summed E-state index contributed by atoms with van der Waals surface area (Å²) in [6.45, 7) is 3.03. The molecule has 14 heteroatoms. The summed E-state index contributed by atoms with van der Waals surface area (Å²) in [5.74, 6) is -3.26. The zero-order chi connectivity index (χ0) is 34.5. The lowest BCUT2D eigenvalue weighted by Gasteiger charge is -2.41. The van der Waals surface area contributed by atoms with Crippen molar-refractivity contribution in [3.05, 3.63) is 124 Å². The molecule has 0 spiro atoms. The maximum Gasteiger partial charge on any atom is 0.338 e. The van der Waals surface area contributed by atoms with E-state index in [-0.39, 0.29) is 40.4 Å². The Kier molecular flexibility index (Phi) is 9.57. The fourth-order valence-corrected chi connectivity index (χ4v) is 5.11. The van der Waals surface area contributed by atoms with Crippen molar-refractivity contribution in [3.63, 3.8) is 0 Å². The number of carbonyl (C=O) groups excluding carboxylic acids is 4. The first-order chi connectivity index (χ1) is 23.7. The molecule has 0 saturated carbocycles. The van der Waals surface area contributed by atoms with Crippen LogP contribution in [0.5, 0.6) is 0 Å². The van der Waals surface area contributed by atoms with E-state index in [1.807, 2.05) is 0 Å². The van der Waals surface area contributed by atoms with Crippen LogP contribution in [0, 0.1) is 5.92 Å². The van der Waals surface area contributed by atoms with Crippen molar-refractivity contribution in [2.45, 2.75) is 38.4 Å². The number of H-pyrrole nitrogens is 1. The van der Waals surface area contributed by atoms with Gasteiger partial charge in [0.05, 0.1) is 29.6 Å². The van der Waals surface area contributed by atoms with Crippen LogP contribution in [0.15, 0.2) is 102 Å². The third kappa shape index (κ3) is 7.23. The van der Waals surface area contributed by atoms with Crippen LogP contribution in [0.2, 0.25) is 0 Å². The summed E-state index contributed by atoms with van der Waals surface area (Å²) in [6.07, 6.45) is -4.21. The standard InChI is InChI=1S/C35H31N5O9/c1-20(2)29(41)38-35-37-28-25(30(42)39-35)36-19-40(28)31-27(49-34(45)23-16-10-5-11-17-23)26(48-33(44)22-14-8-4-9-15-22)24(18-46-31)47-32(43)21-12-6-3-7-13-21/h3-17,19-20,24,26-27,31H,18H2,1-2H3,(H2,37,38,39,41,42)/t24-,26+,27+,31+/m0/s1. The Morgan fingerprint density at radius 2 is 1.31 bits per heavy atom. The average molecular weight is 666 g/mol. The van der Waals surface area contributed by atoms with Crippen molar-refractivity contribution in [2.75, 3.05) is 11.9 Å². The van der Waals surface area contributed by atoms with Crippen molar-refractivity contribution in [2.24, 2.45) is 5.92 Å². The highest BCUT2D eigenvalue weighted by Gasteiger charge is 2.49. The molecule has 1 fully saturated rings. The van der Waals surface area contributed by atoms with Gasteiger partial charge in [-0.3, -0.25) is 24.5 Å². The fourth-order valence-electron chi connectivity index (χ4n) is 5.11. The number of hydrogen-bond donors (Lipinski definition) is 2. The number of nitrogens with zero attached hydrogens (tertiary/aromatic N) is 3. The number of anilines is 1. The summed E-state index contributed by atoms with van der Waals surface area (Å²) in [5, 5.41) is 2.56. The third-order valence-corrected chi connectivity index (χ3v) is 7.65. The van der Waals surface area contributed by atoms with Gasteiger partial charge in [0.2, 0.25) is 11.9 Å². The van der Waals surface area contributed by atoms with Crippen LogP contribution in [-0.2, 0) is 23.7 Å². The molecule has 5 aromatic rings. The SMILES string of the molecule is CC(C)C(=O)Nc1nc2c(ncn2[C@@H]2OC[C@H](OC(=O)c3ccccc3)[C@@H](OC(=O)c3ccccc3)[C@H]2OC(=O)c2ccccc2)c(=O)[nH]1. The molecule has 1 saturated heterocycles. The molecular weight excluding hydrogens is 634 g/mol. The van der Waals surface area contributed by atoms with Gasteiger partial charge in [0, 0.05) is 5.92 Å². The summed E-state index contributed by atoms with van der Waals surface area (Å²) < 4.78 is 25.4. The summed E-state index contributed by atoms with van der Waals surface area (Å²) in [7, 11) is 0. The van der Waals surface area contributed by atoms with E-state index in [9.17, 15) is 24.0 Å². The van der Waals surface area contributed by atoms with E-state index in [1.54, 1.807) is 92.7 Å². The van der Waals surface area contributed by atoms with Gasteiger partial charge in [-0.25, -0.2) is 19.4 Å². The van der Waals surface area contributed by atoms with Gasteiger partial charge in [0.15, 0.2) is 35.7 Å². The molecule has 250 valence electrons. The molecule has 0 unspecified atom stereocenters. The number of imidazole rings is 1. The molecule has 1 aliphatic heterocycles. The molecule has 3 heterocycles. The lowest BCUT2D eigenvalue weighted by molar-refractivity contribution is -0.211. The van der Waals surface area contributed by atoms with E-state index < -0.39 is 59.8 Å². The Labute approximate surface area is 279 Å². The Morgan fingerprint density at radius 3 is 1.84 bits per heavy atom. The van der Waals surface area contributed by atoms with Crippen LogP contribution >= 0.6 is 0 Å². The lowest BCUT2D eigenvalue weighted by atomic mass is 10.0. The number of ether oxygens (including phenoxy) is 4. The van der Waals surface area contributed by atoms with Crippen LogP contribution in [-0.4, -0.2) is 68.3 Å². The third-order valence-electron chi connectivity index (χ3n) is 7.65. The molecule has 2 aromatic heterocycles. The Hall–Kier alpha value is -6.15. The Bertz CT molecular complexity index is 2030. The van der Waals surface area contributed by atoms with E-state index in [1.165, 1.54) is 23.0 Å². The molecule has 14 nitrogen and oxygen atoms in total. The number of hydrogen-bond acceptors (Lipinski definition) is 11. The number of nitrogens with one attached hydrogen (secondary N) is 2. The largest absolute Gasteiger partial charge is 0.452 e.